The number of aromatic nitrogens is 4. The van der Waals surface area contributed by atoms with Gasteiger partial charge in [0.15, 0.2) is 18.4 Å². The zero-order valence-corrected chi connectivity index (χ0v) is 16.6. The maximum Gasteiger partial charge on any atom is 0.185 e. The molecule has 0 bridgehead atoms. The second kappa shape index (κ2) is 10.6. The molecule has 0 aliphatic carbocycles. The van der Waals surface area contributed by atoms with Crippen LogP contribution in [0.5, 0.6) is 0 Å². The largest absolute Gasteiger partial charge is 0.353 e. The average Bonchev–Trinajstić information content (AvgIpc) is 3.28. The van der Waals surface area contributed by atoms with Crippen LogP contribution in [-0.4, -0.2) is 59.2 Å². The second-order valence-electron chi connectivity index (χ2n) is 7.22. The first-order valence-corrected chi connectivity index (χ1v) is 10.4. The van der Waals surface area contributed by atoms with Gasteiger partial charge in [-0.05, 0) is 67.2 Å². The predicted molar refractivity (Wildman–Crippen MR) is 106 cm³/mol. The Morgan fingerprint density at radius 2 is 1.72 bits per heavy atom. The van der Waals surface area contributed by atoms with Gasteiger partial charge < -0.3 is 18.9 Å². The van der Waals surface area contributed by atoms with Crippen molar-refractivity contribution >= 4 is 5.57 Å². The average molecular weight is 400 g/mol. The molecule has 1 aromatic carbocycles. The zero-order valence-electron chi connectivity index (χ0n) is 16.6. The summed E-state index contributed by atoms with van der Waals surface area (Å²) >= 11 is 0. The van der Waals surface area contributed by atoms with Crippen molar-refractivity contribution in [3.05, 3.63) is 42.2 Å². The highest BCUT2D eigenvalue weighted by Crippen LogP contribution is 2.20. The fourth-order valence-corrected chi connectivity index (χ4v) is 3.47. The Kier molecular flexibility index (Phi) is 7.36. The quantitative estimate of drug-likeness (QED) is 0.673. The molecular weight excluding hydrogens is 372 g/mol. The number of para-hydroxylation sites is 1. The summed E-state index contributed by atoms with van der Waals surface area (Å²) in [7, 11) is 0. The Morgan fingerprint density at radius 3 is 2.41 bits per heavy atom. The van der Waals surface area contributed by atoms with E-state index in [0.29, 0.717) is 19.0 Å². The topological polar surface area (TPSA) is 80.5 Å². The molecular formula is C21H28N4O4. The summed E-state index contributed by atoms with van der Waals surface area (Å²) in [6, 6.07) is 9.82. The maximum absolute atomic E-state index is 6.02. The van der Waals surface area contributed by atoms with Crippen molar-refractivity contribution in [1.29, 1.82) is 0 Å². The summed E-state index contributed by atoms with van der Waals surface area (Å²) in [6.07, 6.45) is 7.92. The number of hydrogen-bond acceptors (Lipinski definition) is 7. The summed E-state index contributed by atoms with van der Waals surface area (Å²) in [5, 5.41) is 12.3. The van der Waals surface area contributed by atoms with Crippen LogP contribution >= 0.6 is 0 Å². The molecule has 4 rings (SSSR count). The lowest BCUT2D eigenvalue weighted by Crippen LogP contribution is -2.24. The van der Waals surface area contributed by atoms with Gasteiger partial charge in [0.2, 0.25) is 0 Å². The standard InChI is InChI=1S/C21H28N4O4/c1-2-8-18(9-3-1)25-21(22-23-24-25)17(16-29-20-11-5-7-14-27-20)12-15-28-19-10-4-6-13-26-19/h1-3,8-9,12,19-20H,4-7,10-11,13-16H2/b17-12+. The van der Waals surface area contributed by atoms with Gasteiger partial charge in [-0.15, -0.1) is 5.10 Å². The number of hydrogen-bond donors (Lipinski definition) is 0. The number of nitrogens with zero attached hydrogens (tertiary/aromatic N) is 4. The molecule has 8 heteroatoms. The van der Waals surface area contributed by atoms with E-state index < -0.39 is 0 Å². The molecule has 2 fully saturated rings. The van der Waals surface area contributed by atoms with E-state index in [0.717, 1.165) is 63.0 Å². The minimum absolute atomic E-state index is 0.144. The first-order valence-electron chi connectivity index (χ1n) is 10.4. The number of benzene rings is 1. The van der Waals surface area contributed by atoms with Crippen LogP contribution in [0.3, 0.4) is 0 Å². The first kappa shape index (κ1) is 20.2. The van der Waals surface area contributed by atoms with Crippen molar-refractivity contribution in [2.24, 2.45) is 0 Å². The molecule has 2 atom stereocenters. The third-order valence-corrected chi connectivity index (χ3v) is 5.07. The van der Waals surface area contributed by atoms with Gasteiger partial charge in [0.05, 0.1) is 18.9 Å². The summed E-state index contributed by atoms with van der Waals surface area (Å²) in [4.78, 5) is 0. The Labute approximate surface area is 170 Å². The molecule has 29 heavy (non-hydrogen) atoms. The number of ether oxygens (including phenoxy) is 4. The van der Waals surface area contributed by atoms with Crippen LogP contribution in [0.25, 0.3) is 11.3 Å². The second-order valence-corrected chi connectivity index (χ2v) is 7.22. The molecule has 3 heterocycles. The van der Waals surface area contributed by atoms with E-state index in [4.69, 9.17) is 18.9 Å². The monoisotopic (exact) mass is 400 g/mol. The fourth-order valence-electron chi connectivity index (χ4n) is 3.47. The van der Waals surface area contributed by atoms with E-state index in [2.05, 4.69) is 15.5 Å². The Morgan fingerprint density at radius 1 is 1.00 bits per heavy atom. The van der Waals surface area contributed by atoms with E-state index in [1.807, 2.05) is 36.4 Å². The Hall–Kier alpha value is -2.13. The first-order chi connectivity index (χ1) is 14.4. The summed E-state index contributed by atoms with van der Waals surface area (Å²) in [5.41, 5.74) is 1.76. The summed E-state index contributed by atoms with van der Waals surface area (Å²) in [5.74, 6) is 0.639. The molecule has 2 aliphatic rings. The number of rotatable bonds is 8. The van der Waals surface area contributed by atoms with Crippen LogP contribution in [0, 0.1) is 0 Å². The Balaban J connectivity index is 1.48. The lowest BCUT2D eigenvalue weighted by Gasteiger charge is -2.23. The van der Waals surface area contributed by atoms with E-state index in [-0.39, 0.29) is 12.6 Å². The molecule has 0 amide bonds. The lowest BCUT2D eigenvalue weighted by molar-refractivity contribution is -0.157. The molecule has 2 aliphatic heterocycles. The molecule has 0 spiro atoms. The van der Waals surface area contributed by atoms with Crippen molar-refractivity contribution < 1.29 is 18.9 Å². The van der Waals surface area contributed by atoms with Crippen molar-refractivity contribution in [2.75, 3.05) is 26.4 Å². The van der Waals surface area contributed by atoms with Crippen molar-refractivity contribution in [3.8, 4) is 5.69 Å². The van der Waals surface area contributed by atoms with Gasteiger partial charge in [-0.25, -0.2) is 0 Å². The van der Waals surface area contributed by atoms with Gasteiger partial charge in [-0.2, -0.15) is 4.68 Å². The number of tetrazole rings is 1. The normalized spacial score (nSPS) is 23.2. The van der Waals surface area contributed by atoms with Crippen LogP contribution in [0.1, 0.15) is 44.3 Å². The predicted octanol–water partition coefficient (Wildman–Crippen LogP) is 3.13. The zero-order chi connectivity index (χ0) is 19.7. The van der Waals surface area contributed by atoms with E-state index in [1.165, 1.54) is 0 Å². The SMILES string of the molecule is C(/COC1CCCCO1)=C(/COC1CCCCO1)c1nnnn1-c1ccccc1. The smallest absolute Gasteiger partial charge is 0.185 e. The molecule has 156 valence electrons. The minimum Gasteiger partial charge on any atom is -0.353 e. The van der Waals surface area contributed by atoms with Crippen molar-refractivity contribution in [3.63, 3.8) is 0 Å². The molecule has 0 saturated carbocycles. The summed E-state index contributed by atoms with van der Waals surface area (Å²) < 4.78 is 25.0. The van der Waals surface area contributed by atoms with Gasteiger partial charge >= 0.3 is 0 Å². The molecule has 2 saturated heterocycles. The highest BCUT2D eigenvalue weighted by atomic mass is 16.7. The highest BCUT2D eigenvalue weighted by molar-refractivity contribution is 5.62. The van der Waals surface area contributed by atoms with E-state index in [1.54, 1.807) is 4.68 Å². The maximum atomic E-state index is 6.02. The lowest BCUT2D eigenvalue weighted by atomic mass is 10.2. The van der Waals surface area contributed by atoms with Crippen molar-refractivity contribution in [2.45, 2.75) is 51.1 Å². The van der Waals surface area contributed by atoms with Crippen LogP contribution in [0.15, 0.2) is 36.4 Å². The molecule has 2 aromatic rings. The fraction of sp³-hybridized carbons (Fsp3) is 0.571. The van der Waals surface area contributed by atoms with Gasteiger partial charge in [-0.3, -0.25) is 0 Å². The van der Waals surface area contributed by atoms with Crippen LogP contribution in [0.4, 0.5) is 0 Å². The molecule has 0 radical (unpaired) electrons. The van der Waals surface area contributed by atoms with Crippen LogP contribution in [0.2, 0.25) is 0 Å². The molecule has 1 aromatic heterocycles. The van der Waals surface area contributed by atoms with Crippen LogP contribution in [-0.2, 0) is 18.9 Å². The summed E-state index contributed by atoms with van der Waals surface area (Å²) in [6.45, 7) is 2.27. The molecule has 2 unspecified atom stereocenters. The minimum atomic E-state index is -0.184. The third kappa shape index (κ3) is 5.70. The van der Waals surface area contributed by atoms with Gasteiger partial charge in [0.1, 0.15) is 0 Å². The van der Waals surface area contributed by atoms with E-state index in [9.17, 15) is 0 Å². The molecule has 8 nitrogen and oxygen atoms in total. The molecule has 0 N–H and O–H groups in total. The van der Waals surface area contributed by atoms with Crippen molar-refractivity contribution in [1.82, 2.24) is 20.2 Å². The Bertz CT molecular complexity index is 768. The van der Waals surface area contributed by atoms with Crippen LogP contribution < -0.4 is 0 Å². The third-order valence-electron chi connectivity index (χ3n) is 5.07. The van der Waals surface area contributed by atoms with Gasteiger partial charge in [0, 0.05) is 18.8 Å². The highest BCUT2D eigenvalue weighted by Gasteiger charge is 2.19. The van der Waals surface area contributed by atoms with Gasteiger partial charge in [-0.1, -0.05) is 18.2 Å². The van der Waals surface area contributed by atoms with Gasteiger partial charge in [0.25, 0.3) is 0 Å². The van der Waals surface area contributed by atoms with E-state index >= 15 is 0 Å².